The van der Waals surface area contributed by atoms with E-state index < -0.39 is 0 Å². The molecule has 3 heteroatoms. The fraction of sp³-hybridized carbons (Fsp3) is 1.00. The summed E-state index contributed by atoms with van der Waals surface area (Å²) in [5, 5.41) is 0. The van der Waals surface area contributed by atoms with E-state index in [0.29, 0.717) is 0 Å². The van der Waals surface area contributed by atoms with Gasteiger partial charge >= 0.3 is 0 Å². The summed E-state index contributed by atoms with van der Waals surface area (Å²) in [6.45, 7) is 11.3. The van der Waals surface area contributed by atoms with Gasteiger partial charge in [-0.05, 0) is 38.5 Å². The smallest absolute Gasteiger partial charge is 0.0784 e. The molecule has 40 heavy (non-hydrogen) atoms. The van der Waals surface area contributed by atoms with E-state index in [9.17, 15) is 0 Å². The molecule has 0 heterocycles. The molecule has 0 aromatic carbocycles. The molecular formula is C37H82ClN2+. The normalized spacial score (nSPS) is 11.4. The number of unbranched alkanes of at least 4 members (excludes halogenated alkanes) is 27. The van der Waals surface area contributed by atoms with Gasteiger partial charge in [-0.25, -0.2) is 0 Å². The van der Waals surface area contributed by atoms with Crippen LogP contribution in [0.2, 0.25) is 0 Å². The van der Waals surface area contributed by atoms with Crippen molar-refractivity contribution >= 4 is 12.4 Å². The molecule has 2 nitrogen and oxygen atoms in total. The maximum atomic E-state index is 2.61. The first-order chi connectivity index (χ1) is 18.7. The summed E-state index contributed by atoms with van der Waals surface area (Å²) in [4.78, 5) is 0. The highest BCUT2D eigenvalue weighted by Crippen LogP contribution is 2.18. The lowest BCUT2D eigenvalue weighted by atomic mass is 10.0. The van der Waals surface area contributed by atoms with E-state index in [-0.39, 0.29) is 18.6 Å². The molecule has 3 N–H and O–H groups in total. The van der Waals surface area contributed by atoms with Crippen LogP contribution in [0, 0.1) is 0 Å². The Morgan fingerprint density at radius 3 is 0.600 bits per heavy atom. The maximum absolute atomic E-state index is 2.61. The minimum absolute atomic E-state index is 0. The third-order valence-corrected chi connectivity index (χ3v) is 9.15. The highest BCUT2D eigenvalue weighted by Gasteiger charge is 2.20. The summed E-state index contributed by atoms with van der Waals surface area (Å²) in [7, 11) is 2.61. The molecule has 0 saturated carbocycles. The molecule has 0 saturated heterocycles. The molecule has 0 rings (SSSR count). The van der Waals surface area contributed by atoms with E-state index in [2.05, 4.69) is 27.8 Å². The Kier molecular flexibility index (Phi) is 41.6. The second kappa shape index (κ2) is 37.2. The molecule has 0 aliphatic heterocycles. The second-order valence-corrected chi connectivity index (χ2v) is 13.3. The zero-order valence-electron chi connectivity index (χ0n) is 28.9. The summed E-state index contributed by atoms with van der Waals surface area (Å²) in [6, 6.07) is 0. The van der Waals surface area contributed by atoms with Crippen molar-refractivity contribution in [1.82, 2.24) is 6.15 Å². The Balaban J connectivity index is -0.00000684. The average molecular weight is 591 g/mol. The quantitative estimate of drug-likeness (QED) is 0.0599. The van der Waals surface area contributed by atoms with Crippen molar-refractivity contribution in [2.24, 2.45) is 0 Å². The topological polar surface area (TPSA) is 35.0 Å². The first-order valence-corrected chi connectivity index (χ1v) is 18.5. The van der Waals surface area contributed by atoms with Gasteiger partial charge in [0.05, 0.1) is 26.7 Å². The number of halogens is 1. The van der Waals surface area contributed by atoms with Gasteiger partial charge in [-0.1, -0.05) is 175 Å². The predicted octanol–water partition coefficient (Wildman–Crippen LogP) is 13.8. The van der Waals surface area contributed by atoms with Crippen LogP contribution in [0.25, 0.3) is 0 Å². The first kappa shape index (κ1) is 44.6. The summed E-state index contributed by atoms with van der Waals surface area (Å²) in [5.41, 5.74) is 0. The summed E-state index contributed by atoms with van der Waals surface area (Å²) >= 11 is 0. The SMILES string of the molecule is CCCCCCCCCCCC[N+](C)(CCCCCCCCCCCC)CCCCCCCCCCCC.Cl.N. The van der Waals surface area contributed by atoms with Crippen LogP contribution in [0.1, 0.15) is 213 Å². The van der Waals surface area contributed by atoms with E-state index in [0.717, 1.165) is 0 Å². The largest absolute Gasteiger partial charge is 0.344 e. The molecule has 0 bridgehead atoms. The van der Waals surface area contributed by atoms with Crippen molar-refractivity contribution in [3.63, 3.8) is 0 Å². The van der Waals surface area contributed by atoms with Crippen molar-refractivity contribution in [3.8, 4) is 0 Å². The Morgan fingerprint density at radius 1 is 0.275 bits per heavy atom. The number of hydrogen-bond acceptors (Lipinski definition) is 1. The monoisotopic (exact) mass is 590 g/mol. The van der Waals surface area contributed by atoms with Gasteiger partial charge in [-0.15, -0.1) is 12.4 Å². The molecule has 0 radical (unpaired) electrons. The Bertz CT molecular complexity index is 369. The molecule has 0 fully saturated rings. The van der Waals surface area contributed by atoms with E-state index in [1.165, 1.54) is 217 Å². The van der Waals surface area contributed by atoms with Crippen LogP contribution < -0.4 is 6.15 Å². The van der Waals surface area contributed by atoms with E-state index >= 15 is 0 Å². The molecule has 0 aliphatic rings. The summed E-state index contributed by atoms with van der Waals surface area (Å²) in [6.07, 6.45) is 43.8. The first-order valence-electron chi connectivity index (χ1n) is 18.5. The van der Waals surface area contributed by atoms with Crippen LogP contribution in [-0.2, 0) is 0 Å². The maximum Gasteiger partial charge on any atom is 0.0784 e. The van der Waals surface area contributed by atoms with Crippen LogP contribution in [-0.4, -0.2) is 31.2 Å². The molecule has 0 unspecified atom stereocenters. The lowest BCUT2D eigenvalue weighted by molar-refractivity contribution is -0.910. The Labute approximate surface area is 262 Å². The standard InChI is InChI=1S/C37H78N.ClH.H3N/c1-5-8-11-14-17-20-23-26-29-32-35-38(4,36-33-30-27-24-21-18-15-12-9-6-2)37-34-31-28-25-22-19-16-13-10-7-3;;/h5-37H2,1-4H3;1H;1H3/q+1;;. The van der Waals surface area contributed by atoms with Crippen LogP contribution in [0.15, 0.2) is 0 Å². The van der Waals surface area contributed by atoms with Gasteiger partial charge in [0, 0.05) is 0 Å². The Morgan fingerprint density at radius 2 is 0.425 bits per heavy atom. The van der Waals surface area contributed by atoms with Gasteiger partial charge in [0.25, 0.3) is 0 Å². The van der Waals surface area contributed by atoms with Crippen molar-refractivity contribution in [1.29, 1.82) is 0 Å². The molecule has 0 aliphatic carbocycles. The fourth-order valence-corrected chi connectivity index (χ4v) is 6.28. The lowest BCUT2D eigenvalue weighted by Gasteiger charge is -2.35. The molecule has 0 spiro atoms. The van der Waals surface area contributed by atoms with Gasteiger partial charge in [0.2, 0.25) is 0 Å². The predicted molar refractivity (Wildman–Crippen MR) is 189 cm³/mol. The fourth-order valence-electron chi connectivity index (χ4n) is 6.28. The van der Waals surface area contributed by atoms with Gasteiger partial charge in [0.15, 0.2) is 0 Å². The molecule has 0 aromatic rings. The zero-order chi connectivity index (χ0) is 27.8. The summed E-state index contributed by atoms with van der Waals surface area (Å²) < 4.78 is 1.37. The van der Waals surface area contributed by atoms with Gasteiger partial charge in [-0.3, -0.25) is 0 Å². The van der Waals surface area contributed by atoms with Crippen molar-refractivity contribution in [3.05, 3.63) is 0 Å². The molecule has 0 amide bonds. The number of quaternary nitrogens is 1. The van der Waals surface area contributed by atoms with Crippen molar-refractivity contribution in [2.75, 3.05) is 26.7 Å². The Hall–Kier alpha value is 0.210. The molecular weight excluding hydrogens is 508 g/mol. The van der Waals surface area contributed by atoms with Crippen LogP contribution >= 0.6 is 12.4 Å². The highest BCUT2D eigenvalue weighted by molar-refractivity contribution is 5.85. The van der Waals surface area contributed by atoms with Crippen LogP contribution in [0.4, 0.5) is 0 Å². The third-order valence-electron chi connectivity index (χ3n) is 9.15. The molecule has 246 valence electrons. The number of rotatable bonds is 33. The van der Waals surface area contributed by atoms with E-state index in [1.54, 1.807) is 0 Å². The summed E-state index contributed by atoms with van der Waals surface area (Å²) in [5.74, 6) is 0. The molecule has 0 aromatic heterocycles. The highest BCUT2D eigenvalue weighted by atomic mass is 35.5. The number of hydrogen-bond donors (Lipinski definition) is 1. The average Bonchev–Trinajstić information content (AvgIpc) is 2.92. The second-order valence-electron chi connectivity index (χ2n) is 13.3. The van der Waals surface area contributed by atoms with E-state index in [1.807, 2.05) is 0 Å². The van der Waals surface area contributed by atoms with Crippen molar-refractivity contribution < 1.29 is 4.48 Å². The molecule has 0 atom stereocenters. The number of nitrogens with zero attached hydrogens (tertiary/aromatic N) is 1. The van der Waals surface area contributed by atoms with E-state index in [4.69, 9.17) is 0 Å². The van der Waals surface area contributed by atoms with Gasteiger partial charge in [-0.2, -0.15) is 0 Å². The van der Waals surface area contributed by atoms with Gasteiger partial charge < -0.3 is 10.6 Å². The van der Waals surface area contributed by atoms with Crippen molar-refractivity contribution in [2.45, 2.75) is 213 Å². The van der Waals surface area contributed by atoms with Crippen LogP contribution in [0.3, 0.4) is 0 Å². The lowest BCUT2D eigenvalue weighted by Crippen LogP contribution is -2.46. The van der Waals surface area contributed by atoms with Crippen LogP contribution in [0.5, 0.6) is 0 Å². The third kappa shape index (κ3) is 34.4. The van der Waals surface area contributed by atoms with Gasteiger partial charge in [0.1, 0.15) is 0 Å². The minimum atomic E-state index is 0. The zero-order valence-corrected chi connectivity index (χ0v) is 29.7. The minimum Gasteiger partial charge on any atom is -0.344 e.